The first kappa shape index (κ1) is 18.1. The average molecular weight is 358 g/mol. The summed E-state index contributed by atoms with van der Waals surface area (Å²) < 4.78 is 0. The van der Waals surface area contributed by atoms with E-state index in [2.05, 4.69) is 36.2 Å². The van der Waals surface area contributed by atoms with Gasteiger partial charge in [-0.2, -0.15) is 0 Å². The maximum absolute atomic E-state index is 12.7. The molecule has 4 nitrogen and oxygen atoms in total. The van der Waals surface area contributed by atoms with Gasteiger partial charge in [0.05, 0.1) is 10.9 Å². The van der Waals surface area contributed by atoms with Crippen LogP contribution in [-0.2, 0) is 11.2 Å². The Hall–Kier alpha value is -1.75. The van der Waals surface area contributed by atoms with E-state index in [0.29, 0.717) is 0 Å². The van der Waals surface area contributed by atoms with E-state index in [1.165, 1.54) is 30.2 Å². The molecule has 0 spiro atoms. The maximum Gasteiger partial charge on any atom is 0.235 e. The van der Waals surface area contributed by atoms with Gasteiger partial charge in [-0.3, -0.25) is 4.79 Å². The SMILES string of the molecule is Cc1[nH]c(SC(C)C(=O)N2CCCCCC2)nc1Cc1ccccc1. The van der Waals surface area contributed by atoms with Crippen molar-refractivity contribution in [2.75, 3.05) is 13.1 Å². The number of nitrogens with zero attached hydrogens (tertiary/aromatic N) is 2. The molecule has 1 aromatic carbocycles. The minimum atomic E-state index is -0.103. The van der Waals surface area contributed by atoms with Gasteiger partial charge in [0.1, 0.15) is 0 Å². The number of aromatic amines is 1. The number of benzene rings is 1. The number of amides is 1. The zero-order chi connectivity index (χ0) is 17.6. The van der Waals surface area contributed by atoms with E-state index in [1.807, 2.05) is 17.9 Å². The van der Waals surface area contributed by atoms with Gasteiger partial charge in [-0.1, -0.05) is 54.9 Å². The molecule has 1 fully saturated rings. The fourth-order valence-electron chi connectivity index (χ4n) is 3.25. The first-order valence-electron chi connectivity index (χ1n) is 9.18. The molecule has 1 N–H and O–H groups in total. The highest BCUT2D eigenvalue weighted by atomic mass is 32.2. The quantitative estimate of drug-likeness (QED) is 0.816. The molecule has 2 aromatic rings. The fourth-order valence-corrected chi connectivity index (χ4v) is 4.21. The molecule has 0 radical (unpaired) electrons. The largest absolute Gasteiger partial charge is 0.342 e. The summed E-state index contributed by atoms with van der Waals surface area (Å²) in [5.41, 5.74) is 3.39. The van der Waals surface area contributed by atoms with Crippen LogP contribution < -0.4 is 0 Å². The molecule has 25 heavy (non-hydrogen) atoms. The minimum absolute atomic E-state index is 0.103. The number of likely N-dealkylation sites (tertiary alicyclic amines) is 1. The van der Waals surface area contributed by atoms with Gasteiger partial charge >= 0.3 is 0 Å². The molecule has 2 heterocycles. The molecule has 1 saturated heterocycles. The number of imidazole rings is 1. The second kappa shape index (κ2) is 8.56. The normalized spacial score (nSPS) is 16.5. The summed E-state index contributed by atoms with van der Waals surface area (Å²) in [6, 6.07) is 10.4. The van der Waals surface area contributed by atoms with E-state index in [1.54, 1.807) is 0 Å². The summed E-state index contributed by atoms with van der Waals surface area (Å²) in [5.74, 6) is 0.241. The molecule has 5 heteroatoms. The predicted octanol–water partition coefficient (Wildman–Crippen LogP) is 4.19. The van der Waals surface area contributed by atoms with Gasteiger partial charge in [-0.15, -0.1) is 0 Å². The molecule has 0 aliphatic carbocycles. The van der Waals surface area contributed by atoms with E-state index in [9.17, 15) is 4.79 Å². The first-order chi connectivity index (χ1) is 12.1. The van der Waals surface area contributed by atoms with Crippen LogP contribution in [0.15, 0.2) is 35.5 Å². The fraction of sp³-hybridized carbons (Fsp3) is 0.500. The van der Waals surface area contributed by atoms with Crippen LogP contribution in [0.25, 0.3) is 0 Å². The van der Waals surface area contributed by atoms with Crippen molar-refractivity contribution < 1.29 is 4.79 Å². The Bertz CT molecular complexity index is 690. The lowest BCUT2D eigenvalue weighted by Gasteiger charge is -2.23. The van der Waals surface area contributed by atoms with Crippen molar-refractivity contribution in [3.63, 3.8) is 0 Å². The van der Waals surface area contributed by atoms with Gasteiger partial charge < -0.3 is 9.88 Å². The van der Waals surface area contributed by atoms with Gasteiger partial charge in [0.25, 0.3) is 0 Å². The average Bonchev–Trinajstić information content (AvgIpc) is 2.81. The number of hydrogen-bond donors (Lipinski definition) is 1. The number of aromatic nitrogens is 2. The molecule has 0 saturated carbocycles. The van der Waals surface area contributed by atoms with E-state index >= 15 is 0 Å². The predicted molar refractivity (Wildman–Crippen MR) is 103 cm³/mol. The lowest BCUT2D eigenvalue weighted by Crippen LogP contribution is -2.37. The number of aryl methyl sites for hydroxylation is 1. The van der Waals surface area contributed by atoms with Gasteiger partial charge in [0.15, 0.2) is 5.16 Å². The second-order valence-corrected chi connectivity index (χ2v) is 8.11. The van der Waals surface area contributed by atoms with Crippen LogP contribution in [-0.4, -0.2) is 39.1 Å². The van der Waals surface area contributed by atoms with E-state index in [-0.39, 0.29) is 11.2 Å². The van der Waals surface area contributed by atoms with Gasteiger partial charge in [-0.25, -0.2) is 4.98 Å². The second-order valence-electron chi connectivity index (χ2n) is 6.78. The van der Waals surface area contributed by atoms with Crippen molar-refractivity contribution in [3.05, 3.63) is 47.3 Å². The summed E-state index contributed by atoms with van der Waals surface area (Å²) in [5, 5.41) is 0.743. The molecular formula is C20H27N3OS. The molecule has 1 unspecified atom stereocenters. The Morgan fingerprint density at radius 1 is 1.20 bits per heavy atom. The van der Waals surface area contributed by atoms with Crippen molar-refractivity contribution in [2.45, 2.75) is 56.4 Å². The maximum atomic E-state index is 12.7. The van der Waals surface area contributed by atoms with Crippen molar-refractivity contribution in [2.24, 2.45) is 0 Å². The third kappa shape index (κ3) is 4.88. The summed E-state index contributed by atoms with van der Waals surface area (Å²) in [4.78, 5) is 22.8. The van der Waals surface area contributed by atoms with E-state index in [4.69, 9.17) is 4.98 Å². The van der Waals surface area contributed by atoms with Crippen LogP contribution >= 0.6 is 11.8 Å². The lowest BCUT2D eigenvalue weighted by molar-refractivity contribution is -0.130. The van der Waals surface area contributed by atoms with Gasteiger partial charge in [-0.05, 0) is 32.3 Å². The summed E-state index contributed by atoms with van der Waals surface area (Å²) in [7, 11) is 0. The summed E-state index contributed by atoms with van der Waals surface area (Å²) >= 11 is 1.54. The third-order valence-electron chi connectivity index (χ3n) is 4.73. The van der Waals surface area contributed by atoms with Gasteiger partial charge in [0, 0.05) is 25.2 Å². The first-order valence-corrected chi connectivity index (χ1v) is 10.1. The highest BCUT2D eigenvalue weighted by molar-refractivity contribution is 8.00. The minimum Gasteiger partial charge on any atom is -0.342 e. The van der Waals surface area contributed by atoms with E-state index in [0.717, 1.165) is 48.9 Å². The van der Waals surface area contributed by atoms with Crippen LogP contribution in [0.3, 0.4) is 0 Å². The number of H-pyrrole nitrogens is 1. The van der Waals surface area contributed by atoms with Crippen molar-refractivity contribution in [1.29, 1.82) is 0 Å². The Labute approximate surface area is 154 Å². The molecule has 134 valence electrons. The number of hydrogen-bond acceptors (Lipinski definition) is 3. The zero-order valence-corrected chi connectivity index (χ0v) is 15.9. The molecule has 3 rings (SSSR count). The number of thioether (sulfide) groups is 1. The lowest BCUT2D eigenvalue weighted by atomic mass is 10.1. The Morgan fingerprint density at radius 3 is 2.56 bits per heavy atom. The number of nitrogens with one attached hydrogen (secondary N) is 1. The van der Waals surface area contributed by atoms with Crippen LogP contribution in [0.1, 0.15) is 49.6 Å². The molecular weight excluding hydrogens is 330 g/mol. The standard InChI is InChI=1S/C20H27N3OS/c1-15-18(14-17-10-6-5-7-11-17)22-20(21-15)25-16(2)19(24)23-12-8-3-4-9-13-23/h5-7,10-11,16H,3-4,8-9,12-14H2,1-2H3,(H,21,22). The highest BCUT2D eigenvalue weighted by Crippen LogP contribution is 2.25. The summed E-state index contributed by atoms with van der Waals surface area (Å²) in [6.45, 7) is 5.85. The van der Waals surface area contributed by atoms with Crippen LogP contribution in [0.4, 0.5) is 0 Å². The smallest absolute Gasteiger partial charge is 0.235 e. The van der Waals surface area contributed by atoms with Crippen LogP contribution in [0.5, 0.6) is 0 Å². The Morgan fingerprint density at radius 2 is 1.88 bits per heavy atom. The van der Waals surface area contributed by atoms with E-state index < -0.39 is 0 Å². The van der Waals surface area contributed by atoms with Crippen LogP contribution in [0, 0.1) is 6.92 Å². The molecule has 0 bridgehead atoms. The van der Waals surface area contributed by atoms with Gasteiger partial charge in [0.2, 0.25) is 5.91 Å². The molecule has 1 aliphatic rings. The third-order valence-corrected chi connectivity index (χ3v) is 5.70. The molecule has 1 aromatic heterocycles. The Balaban J connectivity index is 1.62. The van der Waals surface area contributed by atoms with Crippen molar-refractivity contribution >= 4 is 17.7 Å². The summed E-state index contributed by atoms with van der Waals surface area (Å²) in [6.07, 6.45) is 5.56. The molecule has 1 amide bonds. The number of carbonyl (C=O) groups is 1. The Kier molecular flexibility index (Phi) is 6.19. The molecule has 1 atom stereocenters. The van der Waals surface area contributed by atoms with Crippen molar-refractivity contribution in [3.8, 4) is 0 Å². The monoisotopic (exact) mass is 357 g/mol. The highest BCUT2D eigenvalue weighted by Gasteiger charge is 2.23. The van der Waals surface area contributed by atoms with Crippen LogP contribution in [0.2, 0.25) is 0 Å². The van der Waals surface area contributed by atoms with Crippen molar-refractivity contribution in [1.82, 2.24) is 14.9 Å². The number of rotatable bonds is 5. The topological polar surface area (TPSA) is 49.0 Å². The molecule has 1 aliphatic heterocycles. The number of carbonyl (C=O) groups excluding carboxylic acids is 1. The zero-order valence-electron chi connectivity index (χ0n) is 15.1.